The van der Waals surface area contributed by atoms with E-state index in [-0.39, 0.29) is 111 Å². The van der Waals surface area contributed by atoms with Crippen molar-refractivity contribution in [2.24, 2.45) is 20.5 Å². The molecule has 0 fully saturated rings. The predicted octanol–water partition coefficient (Wildman–Crippen LogP) is -1.25. The molecule has 4 aromatic rings. The maximum atomic E-state index is 11.1. The molecular weight excluding hydrogens is 626 g/mol. The van der Waals surface area contributed by atoms with E-state index in [1.54, 1.807) is 0 Å². The van der Waals surface area contributed by atoms with Crippen LogP contribution in [-0.4, -0.2) is 46.4 Å². The second-order valence-electron chi connectivity index (χ2n) is 8.41. The van der Waals surface area contributed by atoms with E-state index in [1.807, 2.05) is 0 Å². The molecule has 0 amide bonds. The van der Waals surface area contributed by atoms with E-state index in [0.29, 0.717) is 0 Å². The molecule has 4 rings (SSSR count). The van der Waals surface area contributed by atoms with Crippen LogP contribution in [0.3, 0.4) is 0 Å². The van der Waals surface area contributed by atoms with Gasteiger partial charge < -0.3 is 29.5 Å². The first-order valence-corrected chi connectivity index (χ1v) is 14.1. The van der Waals surface area contributed by atoms with Crippen molar-refractivity contribution in [1.82, 2.24) is 0 Å². The average molecular weight is 645 g/mol. The van der Waals surface area contributed by atoms with Gasteiger partial charge in [-0.15, -0.1) is 10.2 Å². The molecule has 0 bridgehead atoms. The molecule has 0 atom stereocenters. The Hall–Kier alpha value is -2.90. The van der Waals surface area contributed by atoms with Crippen molar-refractivity contribution >= 4 is 43.0 Å². The molecule has 0 saturated heterocycles. The van der Waals surface area contributed by atoms with Crippen molar-refractivity contribution in [3.8, 4) is 23.0 Å². The molecule has 212 valence electrons. The van der Waals surface area contributed by atoms with Crippen LogP contribution in [0.1, 0.15) is 11.1 Å². The summed E-state index contributed by atoms with van der Waals surface area (Å²) in [6, 6.07) is 13.7. The van der Waals surface area contributed by atoms with Gasteiger partial charge in [0.2, 0.25) is 0 Å². The predicted molar refractivity (Wildman–Crippen MR) is 140 cm³/mol. The van der Waals surface area contributed by atoms with E-state index in [0.717, 1.165) is 36.4 Å². The topological polar surface area (TPSA) is 245 Å². The summed E-state index contributed by atoms with van der Waals surface area (Å²) in [4.78, 5) is -0.905. The summed E-state index contributed by atoms with van der Waals surface area (Å²) in [6.07, 6.45) is -0.130. The molecule has 0 spiro atoms. The van der Waals surface area contributed by atoms with Gasteiger partial charge in [-0.1, -0.05) is 0 Å². The summed E-state index contributed by atoms with van der Waals surface area (Å²) in [5.41, 5.74) is 0.537. The number of nitrogens with zero attached hydrogens (tertiary/aromatic N) is 4. The van der Waals surface area contributed by atoms with E-state index < -0.39 is 41.5 Å². The molecule has 14 nitrogen and oxygen atoms in total. The fraction of sp³-hybridized carbons (Fsp3) is 0.0400. The summed E-state index contributed by atoms with van der Waals surface area (Å²) in [5, 5.41) is 56.6. The van der Waals surface area contributed by atoms with Crippen molar-refractivity contribution in [3.05, 3.63) is 83.9 Å². The van der Waals surface area contributed by atoms with Crippen LogP contribution in [0.5, 0.6) is 23.0 Å². The smallest absolute Gasteiger partial charge is 0.744 e. The van der Waals surface area contributed by atoms with E-state index in [2.05, 4.69) is 20.5 Å². The fourth-order valence-corrected chi connectivity index (χ4v) is 4.39. The van der Waals surface area contributed by atoms with Crippen LogP contribution in [0.25, 0.3) is 0 Å². The first kappa shape index (κ1) is 36.3. The number of aromatic hydroxyl groups is 4. The molecule has 4 N–H and O–H groups in total. The Labute approximate surface area is 289 Å². The van der Waals surface area contributed by atoms with E-state index in [1.165, 1.54) is 36.4 Å². The molecule has 18 heteroatoms. The number of hydrogen-bond acceptors (Lipinski definition) is 14. The summed E-state index contributed by atoms with van der Waals surface area (Å²) >= 11 is 0. The van der Waals surface area contributed by atoms with E-state index in [9.17, 15) is 46.4 Å². The molecule has 4 aromatic carbocycles. The van der Waals surface area contributed by atoms with Gasteiger partial charge in [-0.2, -0.15) is 10.2 Å². The van der Waals surface area contributed by atoms with Crippen LogP contribution in [0.2, 0.25) is 0 Å². The molecule has 43 heavy (non-hydrogen) atoms. The summed E-state index contributed by atoms with van der Waals surface area (Å²) in [5.74, 6) is -1.58. The molecule has 0 saturated carbocycles. The van der Waals surface area contributed by atoms with Gasteiger partial charge in [0.15, 0.2) is 0 Å². The van der Waals surface area contributed by atoms with E-state index >= 15 is 0 Å². The quantitative estimate of drug-likeness (QED) is 0.101. The second kappa shape index (κ2) is 14.7. The van der Waals surface area contributed by atoms with Gasteiger partial charge in [-0.3, -0.25) is 0 Å². The van der Waals surface area contributed by atoms with Crippen molar-refractivity contribution in [1.29, 1.82) is 0 Å². The van der Waals surface area contributed by atoms with Gasteiger partial charge in [-0.25, -0.2) is 16.8 Å². The monoisotopic (exact) mass is 644 g/mol. The summed E-state index contributed by atoms with van der Waals surface area (Å²) in [7, 11) is -9.27. The maximum absolute atomic E-state index is 11.1. The van der Waals surface area contributed by atoms with Gasteiger partial charge in [0, 0.05) is 29.7 Å². The average Bonchev–Trinajstić information content (AvgIpc) is 2.89. The number of hydrogen-bond donors (Lipinski definition) is 4. The van der Waals surface area contributed by atoms with Gasteiger partial charge >= 0.3 is 59.1 Å². The van der Waals surface area contributed by atoms with Crippen LogP contribution < -0.4 is 59.1 Å². The Balaban J connectivity index is 0.00000323. The van der Waals surface area contributed by atoms with Crippen LogP contribution in [-0.2, 0) is 26.7 Å². The third-order valence-electron chi connectivity index (χ3n) is 5.53. The minimum absolute atomic E-state index is 0. The van der Waals surface area contributed by atoms with Crippen molar-refractivity contribution < 1.29 is 105 Å². The molecule has 0 unspecified atom stereocenters. The standard InChI is InChI=1S/C25H20N4O10S2.2Na/c30-22-12-24(32)20(28-26-16-1-5-18(6-2-16)40(34,35)36)10-14(22)9-15-11-21(25(33)13-23(15)31)29-27-17-3-7-19(8-4-17)41(37,38)39;;/h1-8,10-13,30-33H,9H2,(H,34,35,36)(H,37,38,39);;/q;2*+1/p-2. The van der Waals surface area contributed by atoms with E-state index in [4.69, 9.17) is 0 Å². The zero-order valence-electron chi connectivity index (χ0n) is 22.5. The maximum Gasteiger partial charge on any atom is 1.00 e. The number of phenols is 4. The third-order valence-corrected chi connectivity index (χ3v) is 7.23. The van der Waals surface area contributed by atoms with Gasteiger partial charge in [0.05, 0.1) is 21.2 Å². The third kappa shape index (κ3) is 9.54. The molecule has 0 heterocycles. The molecule has 0 aliphatic rings. The Morgan fingerprint density at radius 3 is 1.14 bits per heavy atom. The molecule has 0 aliphatic heterocycles. The number of phenolic OH excluding ortho intramolecular Hbond substituents is 4. The van der Waals surface area contributed by atoms with Gasteiger partial charge in [0.25, 0.3) is 0 Å². The summed E-state index contributed by atoms with van der Waals surface area (Å²) < 4.78 is 66.3. The summed E-state index contributed by atoms with van der Waals surface area (Å²) in [6.45, 7) is 0. The molecular formula is C25H18N4Na2O10S2. The van der Waals surface area contributed by atoms with Crippen molar-refractivity contribution in [2.45, 2.75) is 16.2 Å². The Morgan fingerprint density at radius 1 is 0.512 bits per heavy atom. The Morgan fingerprint density at radius 2 is 0.837 bits per heavy atom. The second-order valence-corrected chi connectivity index (χ2v) is 11.2. The van der Waals surface area contributed by atoms with Gasteiger partial charge in [0.1, 0.15) is 54.6 Å². The van der Waals surface area contributed by atoms with Gasteiger partial charge in [-0.05, 0) is 60.7 Å². The SMILES string of the molecule is O=S(=O)([O-])c1ccc(N=Nc2cc(Cc3cc(N=Nc4ccc(S(=O)(=O)[O-])cc4)c(O)cc3O)c(O)cc2O)cc1.[Na+].[Na+]. The van der Waals surface area contributed by atoms with Crippen LogP contribution in [0.15, 0.2) is 103 Å². The van der Waals surface area contributed by atoms with Crippen molar-refractivity contribution in [3.63, 3.8) is 0 Å². The zero-order chi connectivity index (χ0) is 29.9. The van der Waals surface area contributed by atoms with Crippen LogP contribution in [0.4, 0.5) is 22.7 Å². The minimum Gasteiger partial charge on any atom is -0.744 e. The zero-order valence-corrected chi connectivity index (χ0v) is 28.1. The molecule has 0 radical (unpaired) electrons. The Bertz CT molecular complexity index is 1760. The first-order valence-electron chi connectivity index (χ1n) is 11.3. The van der Waals surface area contributed by atoms with Crippen molar-refractivity contribution in [2.75, 3.05) is 0 Å². The van der Waals surface area contributed by atoms with Crippen LogP contribution in [0, 0.1) is 0 Å². The number of rotatable bonds is 8. The molecule has 0 aromatic heterocycles. The number of azo groups is 2. The number of benzene rings is 4. The fourth-order valence-electron chi connectivity index (χ4n) is 3.45. The first-order chi connectivity index (χ1) is 19.2. The Kier molecular flexibility index (Phi) is 12.4. The molecule has 0 aliphatic carbocycles. The largest absolute Gasteiger partial charge is 1.00 e. The van der Waals surface area contributed by atoms with Crippen LogP contribution >= 0.6 is 0 Å². The normalized spacial score (nSPS) is 11.8. The minimum atomic E-state index is -4.64.